The van der Waals surface area contributed by atoms with Crippen LogP contribution in [-0.4, -0.2) is 22.0 Å². The molecule has 1 saturated carbocycles. The lowest BCUT2D eigenvalue weighted by atomic mass is 9.87. The predicted octanol–water partition coefficient (Wildman–Crippen LogP) is 4.81. The highest BCUT2D eigenvalue weighted by Crippen LogP contribution is 2.36. The lowest BCUT2D eigenvalue weighted by Gasteiger charge is -2.29. The fraction of sp³-hybridized carbons (Fsp3) is 0.333. The van der Waals surface area contributed by atoms with E-state index in [-0.39, 0.29) is 5.91 Å². The molecular weight excluding hydrogens is 412 g/mol. The van der Waals surface area contributed by atoms with E-state index in [1.807, 2.05) is 54.6 Å². The third kappa shape index (κ3) is 5.05. The Balaban J connectivity index is 1.52. The van der Waals surface area contributed by atoms with E-state index in [1.54, 1.807) is 11.6 Å². The van der Waals surface area contributed by atoms with Crippen molar-refractivity contribution in [3.63, 3.8) is 0 Å². The highest BCUT2D eigenvalue weighted by atomic mass is 32.2. The average molecular weight is 439 g/mol. The summed E-state index contributed by atoms with van der Waals surface area (Å²) in [6.07, 6.45) is 6.83. The van der Waals surface area contributed by atoms with Crippen LogP contribution in [0.25, 0.3) is 0 Å². The van der Waals surface area contributed by atoms with Gasteiger partial charge in [-0.3, -0.25) is 4.79 Å². The molecule has 0 bridgehead atoms. The molecule has 1 aliphatic heterocycles. The number of carbonyl (C=O) groups excluding carboxylic acids is 1. The molecule has 1 heterocycles. The molecule has 1 fully saturated rings. The largest absolute Gasteiger partial charge is 0.477 e. The van der Waals surface area contributed by atoms with Crippen LogP contribution < -0.4 is 15.4 Å². The first kappa shape index (κ1) is 21.3. The molecule has 162 valence electrons. The van der Waals surface area contributed by atoms with Gasteiger partial charge in [0.25, 0.3) is 4.99 Å². The van der Waals surface area contributed by atoms with Crippen LogP contribution in [0.1, 0.15) is 43.6 Å². The Bertz CT molecular complexity index is 932. The second-order valence-corrected chi connectivity index (χ2v) is 9.08. The Morgan fingerprint density at radius 2 is 1.77 bits per heavy atom. The molecule has 6 nitrogen and oxygen atoms in total. The number of aliphatic carboxylic acids is 1. The Labute approximate surface area is 186 Å². The minimum absolute atomic E-state index is 0.283. The topological polar surface area (TPSA) is 87.7 Å². The van der Waals surface area contributed by atoms with Crippen LogP contribution in [-0.2, 0) is 9.59 Å². The van der Waals surface area contributed by atoms with Crippen molar-refractivity contribution in [2.24, 2.45) is 5.92 Å². The average Bonchev–Trinajstić information content (AvgIpc) is 3.46. The number of thioether (sulfide) groups is 1. The molecular formula is C24H26N2O4S. The SMILES string of the molecule is O=C(NC1(C(=O)O)NC=CS1)C(CC1CCCC1)c1ccc(Oc2ccccc2)cc1. The van der Waals surface area contributed by atoms with E-state index in [0.717, 1.165) is 35.9 Å². The summed E-state index contributed by atoms with van der Waals surface area (Å²) in [6.45, 7) is 0. The maximum atomic E-state index is 13.3. The molecule has 0 spiro atoms. The second kappa shape index (κ2) is 9.47. The number of amides is 1. The number of benzene rings is 2. The zero-order valence-electron chi connectivity index (χ0n) is 17.1. The number of rotatable bonds is 8. The molecule has 2 aliphatic rings. The molecule has 0 radical (unpaired) electrons. The summed E-state index contributed by atoms with van der Waals surface area (Å²) in [7, 11) is 0. The predicted molar refractivity (Wildman–Crippen MR) is 121 cm³/mol. The molecule has 1 aliphatic carbocycles. The number of hydrogen-bond donors (Lipinski definition) is 3. The molecule has 2 aromatic rings. The summed E-state index contributed by atoms with van der Waals surface area (Å²) in [4.78, 5) is 23.6. The Hall–Kier alpha value is -2.93. The van der Waals surface area contributed by atoms with Crippen molar-refractivity contribution in [2.45, 2.75) is 43.0 Å². The van der Waals surface area contributed by atoms with Gasteiger partial charge in [0.05, 0.1) is 5.92 Å². The van der Waals surface area contributed by atoms with Crippen molar-refractivity contribution < 1.29 is 19.4 Å². The lowest BCUT2D eigenvalue weighted by Crippen LogP contribution is -2.59. The van der Waals surface area contributed by atoms with Crippen LogP contribution in [0.2, 0.25) is 0 Å². The van der Waals surface area contributed by atoms with Crippen molar-refractivity contribution in [1.29, 1.82) is 0 Å². The lowest BCUT2D eigenvalue weighted by molar-refractivity contribution is -0.144. The molecule has 2 unspecified atom stereocenters. The van der Waals surface area contributed by atoms with E-state index in [1.165, 1.54) is 12.8 Å². The summed E-state index contributed by atoms with van der Waals surface area (Å²) in [5.41, 5.74) is 0.862. The number of ether oxygens (including phenoxy) is 1. The van der Waals surface area contributed by atoms with Gasteiger partial charge in [0.15, 0.2) is 0 Å². The third-order valence-corrected chi connectivity index (χ3v) is 6.84. The molecule has 4 rings (SSSR count). The van der Waals surface area contributed by atoms with Crippen LogP contribution in [0.5, 0.6) is 11.5 Å². The highest BCUT2D eigenvalue weighted by Gasteiger charge is 2.43. The van der Waals surface area contributed by atoms with Gasteiger partial charge in [0.2, 0.25) is 5.91 Å². The number of carboxylic acid groups (broad SMARTS) is 1. The van der Waals surface area contributed by atoms with Gasteiger partial charge in [0, 0.05) is 6.20 Å². The van der Waals surface area contributed by atoms with Crippen LogP contribution in [0.15, 0.2) is 66.2 Å². The van der Waals surface area contributed by atoms with Gasteiger partial charge in [-0.05, 0) is 47.6 Å². The van der Waals surface area contributed by atoms with E-state index >= 15 is 0 Å². The van der Waals surface area contributed by atoms with Gasteiger partial charge in [-0.2, -0.15) is 0 Å². The molecule has 7 heteroatoms. The van der Waals surface area contributed by atoms with E-state index in [9.17, 15) is 14.7 Å². The molecule has 0 aromatic heterocycles. The second-order valence-electron chi connectivity index (χ2n) is 7.96. The smallest absolute Gasteiger partial charge is 0.362 e. The number of nitrogens with one attached hydrogen (secondary N) is 2. The first-order chi connectivity index (χ1) is 15.1. The molecule has 2 atom stereocenters. The van der Waals surface area contributed by atoms with Crippen LogP contribution >= 0.6 is 11.8 Å². The van der Waals surface area contributed by atoms with E-state index in [2.05, 4.69) is 10.6 Å². The molecule has 1 amide bonds. The van der Waals surface area contributed by atoms with E-state index in [4.69, 9.17) is 4.74 Å². The van der Waals surface area contributed by atoms with Crippen LogP contribution in [0.3, 0.4) is 0 Å². The Morgan fingerprint density at radius 3 is 2.39 bits per heavy atom. The maximum Gasteiger partial charge on any atom is 0.362 e. The summed E-state index contributed by atoms with van der Waals surface area (Å²) in [5, 5.41) is 16.8. The Morgan fingerprint density at radius 1 is 1.10 bits per heavy atom. The summed E-state index contributed by atoms with van der Waals surface area (Å²) < 4.78 is 5.86. The fourth-order valence-corrected chi connectivity index (χ4v) is 4.92. The Kier molecular flexibility index (Phi) is 6.51. The highest BCUT2D eigenvalue weighted by molar-refractivity contribution is 8.04. The standard InChI is InChI=1S/C24H26N2O4S/c27-22(26-24(23(28)29)25-14-15-31-24)21(16-17-6-4-5-7-17)18-10-12-20(13-11-18)30-19-8-2-1-3-9-19/h1-3,8-15,17,21,25H,4-7,16H2,(H,26,27)(H,28,29). The van der Waals surface area contributed by atoms with Gasteiger partial charge in [-0.1, -0.05) is 67.8 Å². The number of para-hydroxylation sites is 1. The normalized spacial score (nSPS) is 21.4. The van der Waals surface area contributed by atoms with E-state index < -0.39 is 16.9 Å². The monoisotopic (exact) mass is 438 g/mol. The van der Waals surface area contributed by atoms with Crippen molar-refractivity contribution in [1.82, 2.24) is 10.6 Å². The van der Waals surface area contributed by atoms with Gasteiger partial charge in [-0.15, -0.1) is 0 Å². The summed E-state index contributed by atoms with van der Waals surface area (Å²) in [6, 6.07) is 17.0. The van der Waals surface area contributed by atoms with Gasteiger partial charge >= 0.3 is 5.97 Å². The van der Waals surface area contributed by atoms with Gasteiger partial charge in [0.1, 0.15) is 11.5 Å². The van der Waals surface area contributed by atoms with Crippen LogP contribution in [0, 0.1) is 5.92 Å². The minimum atomic E-state index is -1.55. The van der Waals surface area contributed by atoms with Crippen molar-refractivity contribution >= 4 is 23.6 Å². The first-order valence-corrected chi connectivity index (χ1v) is 11.4. The van der Waals surface area contributed by atoms with Crippen molar-refractivity contribution in [3.8, 4) is 11.5 Å². The molecule has 0 saturated heterocycles. The molecule has 3 N–H and O–H groups in total. The zero-order chi connectivity index (χ0) is 21.7. The molecule has 31 heavy (non-hydrogen) atoms. The minimum Gasteiger partial charge on any atom is -0.477 e. The fourth-order valence-electron chi connectivity index (χ4n) is 4.18. The van der Waals surface area contributed by atoms with Gasteiger partial charge in [-0.25, -0.2) is 4.79 Å². The number of carboxylic acids is 1. The quantitative estimate of drug-likeness (QED) is 0.549. The number of carbonyl (C=O) groups is 2. The van der Waals surface area contributed by atoms with Crippen molar-refractivity contribution in [2.75, 3.05) is 0 Å². The number of hydrogen-bond acceptors (Lipinski definition) is 5. The first-order valence-electron chi connectivity index (χ1n) is 10.5. The zero-order valence-corrected chi connectivity index (χ0v) is 17.9. The van der Waals surface area contributed by atoms with E-state index in [0.29, 0.717) is 18.1 Å². The van der Waals surface area contributed by atoms with Crippen LogP contribution in [0.4, 0.5) is 0 Å². The maximum absolute atomic E-state index is 13.3. The molecule has 2 aromatic carbocycles. The van der Waals surface area contributed by atoms with Gasteiger partial charge < -0.3 is 20.5 Å². The summed E-state index contributed by atoms with van der Waals surface area (Å²) in [5.74, 6) is 0.0777. The van der Waals surface area contributed by atoms with Crippen molar-refractivity contribution in [3.05, 3.63) is 71.8 Å². The summed E-state index contributed by atoms with van der Waals surface area (Å²) >= 11 is 1.04. The third-order valence-electron chi connectivity index (χ3n) is 5.82.